The first-order chi connectivity index (χ1) is 9.02. The summed E-state index contributed by atoms with van der Waals surface area (Å²) in [5.41, 5.74) is 2.17. The van der Waals surface area contributed by atoms with Crippen molar-refractivity contribution in [3.63, 3.8) is 0 Å². The molecule has 19 heavy (non-hydrogen) atoms. The van der Waals surface area contributed by atoms with Gasteiger partial charge in [0.2, 0.25) is 0 Å². The molecule has 2 aromatic carbocycles. The van der Waals surface area contributed by atoms with Gasteiger partial charge in [-0.3, -0.25) is 0 Å². The second-order valence-corrected chi connectivity index (χ2v) is 4.51. The SMILES string of the molecule is Cc1cccc(NC(=S)Nc2cc(F)cc(F)c2)c1. The van der Waals surface area contributed by atoms with Crippen molar-refractivity contribution in [3.8, 4) is 0 Å². The third-order valence-corrected chi connectivity index (χ3v) is 2.60. The molecule has 0 aliphatic carbocycles. The highest BCUT2D eigenvalue weighted by Crippen LogP contribution is 2.14. The topological polar surface area (TPSA) is 24.1 Å². The molecule has 0 saturated carbocycles. The number of nitrogens with one attached hydrogen (secondary N) is 2. The van der Waals surface area contributed by atoms with E-state index in [0.717, 1.165) is 17.3 Å². The van der Waals surface area contributed by atoms with E-state index < -0.39 is 11.6 Å². The fourth-order valence-electron chi connectivity index (χ4n) is 1.64. The molecule has 0 heterocycles. The van der Waals surface area contributed by atoms with Crippen molar-refractivity contribution in [2.45, 2.75) is 6.92 Å². The van der Waals surface area contributed by atoms with E-state index >= 15 is 0 Å². The van der Waals surface area contributed by atoms with Gasteiger partial charge in [-0.15, -0.1) is 0 Å². The van der Waals surface area contributed by atoms with Crippen LogP contribution in [0.15, 0.2) is 42.5 Å². The Morgan fingerprint density at radius 1 is 0.947 bits per heavy atom. The van der Waals surface area contributed by atoms with E-state index in [0.29, 0.717) is 0 Å². The first-order valence-corrected chi connectivity index (χ1v) is 6.04. The smallest absolute Gasteiger partial charge is 0.175 e. The van der Waals surface area contributed by atoms with Crippen LogP contribution in [0.1, 0.15) is 5.56 Å². The molecular formula is C14H12F2N2S. The molecule has 0 amide bonds. The zero-order chi connectivity index (χ0) is 13.8. The Labute approximate surface area is 115 Å². The number of hydrogen-bond acceptors (Lipinski definition) is 1. The molecule has 0 spiro atoms. The van der Waals surface area contributed by atoms with Gasteiger partial charge in [0, 0.05) is 17.4 Å². The lowest BCUT2D eigenvalue weighted by atomic mass is 10.2. The molecule has 5 heteroatoms. The molecule has 0 unspecified atom stereocenters. The molecule has 2 N–H and O–H groups in total. The molecule has 0 saturated heterocycles. The number of anilines is 2. The van der Waals surface area contributed by atoms with Gasteiger partial charge >= 0.3 is 0 Å². The molecule has 2 rings (SSSR count). The first-order valence-electron chi connectivity index (χ1n) is 5.64. The lowest BCUT2D eigenvalue weighted by Crippen LogP contribution is -2.19. The van der Waals surface area contributed by atoms with Gasteiger partial charge in [-0.05, 0) is 49.0 Å². The minimum Gasteiger partial charge on any atom is -0.332 e. The Hall–Kier alpha value is -2.01. The van der Waals surface area contributed by atoms with Crippen molar-refractivity contribution < 1.29 is 8.78 Å². The molecule has 0 aliphatic rings. The van der Waals surface area contributed by atoms with E-state index in [2.05, 4.69) is 10.6 Å². The standard InChI is InChI=1S/C14H12F2N2S/c1-9-3-2-4-12(5-9)17-14(19)18-13-7-10(15)6-11(16)8-13/h2-8H,1H3,(H2,17,18,19). The first kappa shape index (κ1) is 13.4. The Balaban J connectivity index is 2.05. The van der Waals surface area contributed by atoms with Crippen LogP contribution in [0, 0.1) is 18.6 Å². The van der Waals surface area contributed by atoms with E-state index in [4.69, 9.17) is 12.2 Å². The maximum Gasteiger partial charge on any atom is 0.175 e. The number of thiocarbonyl (C=S) groups is 1. The molecule has 0 atom stereocenters. The Kier molecular flexibility index (Phi) is 4.06. The molecule has 0 aliphatic heterocycles. The number of hydrogen-bond donors (Lipinski definition) is 2. The lowest BCUT2D eigenvalue weighted by Gasteiger charge is -2.11. The Morgan fingerprint density at radius 2 is 1.58 bits per heavy atom. The molecular weight excluding hydrogens is 266 g/mol. The zero-order valence-corrected chi connectivity index (χ0v) is 11.0. The van der Waals surface area contributed by atoms with Gasteiger partial charge in [0.05, 0.1) is 0 Å². The minimum absolute atomic E-state index is 0.266. The highest BCUT2D eigenvalue weighted by Gasteiger charge is 2.03. The summed E-state index contributed by atoms with van der Waals surface area (Å²) in [5, 5.41) is 5.95. The third-order valence-electron chi connectivity index (χ3n) is 2.40. The van der Waals surface area contributed by atoms with Crippen LogP contribution in [-0.4, -0.2) is 5.11 Å². The molecule has 0 fully saturated rings. The fourth-order valence-corrected chi connectivity index (χ4v) is 1.88. The maximum atomic E-state index is 13.0. The van der Waals surface area contributed by atoms with Crippen LogP contribution in [0.3, 0.4) is 0 Å². The fraction of sp³-hybridized carbons (Fsp3) is 0.0714. The Bertz CT molecular complexity index is 594. The highest BCUT2D eigenvalue weighted by molar-refractivity contribution is 7.80. The van der Waals surface area contributed by atoms with Crippen molar-refractivity contribution in [1.82, 2.24) is 0 Å². The molecule has 2 aromatic rings. The normalized spacial score (nSPS) is 10.1. The van der Waals surface area contributed by atoms with E-state index in [-0.39, 0.29) is 10.8 Å². The number of benzene rings is 2. The number of halogens is 2. The zero-order valence-electron chi connectivity index (χ0n) is 10.2. The van der Waals surface area contributed by atoms with Crippen LogP contribution in [0.2, 0.25) is 0 Å². The van der Waals surface area contributed by atoms with E-state index in [1.807, 2.05) is 31.2 Å². The monoisotopic (exact) mass is 278 g/mol. The summed E-state index contributed by atoms with van der Waals surface area (Å²) in [6.07, 6.45) is 0. The second-order valence-electron chi connectivity index (χ2n) is 4.11. The van der Waals surface area contributed by atoms with Gasteiger partial charge < -0.3 is 10.6 Å². The van der Waals surface area contributed by atoms with Crippen LogP contribution >= 0.6 is 12.2 Å². The van der Waals surface area contributed by atoms with Gasteiger partial charge in [0.1, 0.15) is 11.6 Å². The largest absolute Gasteiger partial charge is 0.332 e. The van der Waals surface area contributed by atoms with Gasteiger partial charge in [0.15, 0.2) is 5.11 Å². The number of aryl methyl sites for hydroxylation is 1. The summed E-state index contributed by atoms with van der Waals surface area (Å²) in [5.74, 6) is -1.30. The van der Waals surface area contributed by atoms with Crippen molar-refractivity contribution in [2.24, 2.45) is 0 Å². The predicted molar refractivity (Wildman–Crippen MR) is 77.4 cm³/mol. The summed E-state index contributed by atoms with van der Waals surface area (Å²) in [4.78, 5) is 0. The van der Waals surface area contributed by atoms with Crippen LogP contribution in [0.25, 0.3) is 0 Å². The molecule has 2 nitrogen and oxygen atoms in total. The van der Waals surface area contributed by atoms with Crippen molar-refractivity contribution in [1.29, 1.82) is 0 Å². The van der Waals surface area contributed by atoms with E-state index in [1.54, 1.807) is 0 Å². The minimum atomic E-state index is -0.652. The molecule has 0 radical (unpaired) electrons. The van der Waals surface area contributed by atoms with Crippen molar-refractivity contribution in [2.75, 3.05) is 10.6 Å². The lowest BCUT2D eigenvalue weighted by molar-refractivity contribution is 0.584. The van der Waals surface area contributed by atoms with Gasteiger partial charge in [-0.1, -0.05) is 12.1 Å². The third kappa shape index (κ3) is 3.99. The average Bonchev–Trinajstić information content (AvgIpc) is 2.26. The Morgan fingerprint density at radius 3 is 2.21 bits per heavy atom. The van der Waals surface area contributed by atoms with Crippen LogP contribution in [-0.2, 0) is 0 Å². The number of rotatable bonds is 2. The predicted octanol–water partition coefficient (Wildman–Crippen LogP) is 4.08. The molecule has 0 aromatic heterocycles. The summed E-state index contributed by atoms with van der Waals surface area (Å²) in [7, 11) is 0. The summed E-state index contributed by atoms with van der Waals surface area (Å²) < 4.78 is 26.0. The summed E-state index contributed by atoms with van der Waals surface area (Å²) in [6, 6.07) is 10.8. The van der Waals surface area contributed by atoms with Gasteiger partial charge in [-0.25, -0.2) is 8.78 Å². The van der Waals surface area contributed by atoms with Crippen molar-refractivity contribution in [3.05, 3.63) is 59.7 Å². The van der Waals surface area contributed by atoms with Gasteiger partial charge in [-0.2, -0.15) is 0 Å². The van der Waals surface area contributed by atoms with Crippen LogP contribution in [0.5, 0.6) is 0 Å². The van der Waals surface area contributed by atoms with E-state index in [9.17, 15) is 8.78 Å². The highest BCUT2D eigenvalue weighted by atomic mass is 32.1. The quantitative estimate of drug-likeness (QED) is 0.809. The van der Waals surface area contributed by atoms with Crippen molar-refractivity contribution >= 4 is 28.7 Å². The average molecular weight is 278 g/mol. The molecule has 98 valence electrons. The summed E-state index contributed by atoms with van der Waals surface area (Å²) in [6.45, 7) is 1.96. The second kappa shape index (κ2) is 5.75. The van der Waals surface area contributed by atoms with Crippen LogP contribution in [0.4, 0.5) is 20.2 Å². The van der Waals surface area contributed by atoms with Crippen LogP contribution < -0.4 is 10.6 Å². The van der Waals surface area contributed by atoms with E-state index in [1.165, 1.54) is 12.1 Å². The maximum absolute atomic E-state index is 13.0. The van der Waals surface area contributed by atoms with Gasteiger partial charge in [0.25, 0.3) is 0 Å². The molecule has 0 bridgehead atoms. The summed E-state index contributed by atoms with van der Waals surface area (Å²) >= 11 is 5.08.